The number of aliphatic hydroxyl groups excluding tert-OH is 4. The Kier molecular flexibility index (Phi) is 4.04. The summed E-state index contributed by atoms with van der Waals surface area (Å²) in [5, 5.41) is 33.5. The third-order valence-electron chi connectivity index (χ3n) is 0.865. The topological polar surface area (TPSA) is 80.9 Å². The number of hydrogen-bond donors (Lipinski definition) is 4. The molecule has 9 heavy (non-hydrogen) atoms. The van der Waals surface area contributed by atoms with E-state index < -0.39 is 18.8 Å². The minimum Gasteiger partial charge on any atom is -0.516 e. The Bertz CT molecular complexity index is 91.0. The largest absolute Gasteiger partial charge is 0.516 e. The molecular weight excluding hydrogens is 124 g/mol. The van der Waals surface area contributed by atoms with E-state index in [1.54, 1.807) is 0 Å². The maximum Gasteiger partial charge on any atom is 0.107 e. The van der Waals surface area contributed by atoms with Crippen LogP contribution in [-0.4, -0.2) is 39.2 Å². The zero-order valence-electron chi connectivity index (χ0n) is 4.81. The van der Waals surface area contributed by atoms with E-state index in [2.05, 4.69) is 0 Å². The summed E-state index contributed by atoms with van der Waals surface area (Å²) >= 11 is 0. The Morgan fingerprint density at radius 3 is 2.22 bits per heavy atom. The maximum absolute atomic E-state index is 8.66. The lowest BCUT2D eigenvalue weighted by molar-refractivity contribution is 0.00875. The molecule has 0 rings (SSSR count). The normalized spacial score (nSPS) is 18.1. The molecule has 2 atom stereocenters. The highest BCUT2D eigenvalue weighted by atomic mass is 16.4. The zero-order valence-corrected chi connectivity index (χ0v) is 4.81. The van der Waals surface area contributed by atoms with Crippen molar-refractivity contribution >= 4 is 0 Å². The number of hydrogen-bond acceptors (Lipinski definition) is 4. The average molecular weight is 134 g/mol. The van der Waals surface area contributed by atoms with Gasteiger partial charge in [0.1, 0.15) is 12.2 Å². The van der Waals surface area contributed by atoms with Crippen molar-refractivity contribution in [1.29, 1.82) is 0 Å². The molecule has 0 aromatic heterocycles. The molecule has 4 heteroatoms. The van der Waals surface area contributed by atoms with Crippen LogP contribution in [-0.2, 0) is 0 Å². The van der Waals surface area contributed by atoms with Gasteiger partial charge in [0.15, 0.2) is 0 Å². The van der Waals surface area contributed by atoms with Crippen LogP contribution in [0.5, 0.6) is 0 Å². The molecule has 0 bridgehead atoms. The van der Waals surface area contributed by atoms with Gasteiger partial charge in [-0.25, -0.2) is 0 Å². The van der Waals surface area contributed by atoms with Gasteiger partial charge < -0.3 is 20.4 Å². The lowest BCUT2D eigenvalue weighted by atomic mass is 10.2. The summed E-state index contributed by atoms with van der Waals surface area (Å²) in [6.45, 7) is -0.522. The van der Waals surface area contributed by atoms with Crippen molar-refractivity contribution in [2.75, 3.05) is 6.61 Å². The van der Waals surface area contributed by atoms with Crippen LogP contribution in [0.2, 0.25) is 0 Å². The SMILES string of the molecule is OC=C[C@H](O)[C@H](O)CO. The van der Waals surface area contributed by atoms with E-state index in [1.165, 1.54) is 0 Å². The fourth-order valence-corrected chi connectivity index (χ4v) is 0.324. The van der Waals surface area contributed by atoms with Crippen LogP contribution in [0.25, 0.3) is 0 Å². The number of aliphatic hydroxyl groups is 4. The van der Waals surface area contributed by atoms with E-state index in [0.717, 1.165) is 6.08 Å². The molecule has 0 unspecified atom stereocenters. The predicted octanol–water partition coefficient (Wildman–Crippen LogP) is -1.23. The Balaban J connectivity index is 3.58. The Morgan fingerprint density at radius 1 is 1.33 bits per heavy atom. The van der Waals surface area contributed by atoms with Crippen molar-refractivity contribution in [2.45, 2.75) is 12.2 Å². The van der Waals surface area contributed by atoms with Crippen LogP contribution in [0.15, 0.2) is 12.3 Å². The first-order valence-corrected chi connectivity index (χ1v) is 2.50. The third kappa shape index (κ3) is 3.07. The van der Waals surface area contributed by atoms with Gasteiger partial charge in [0.05, 0.1) is 12.9 Å². The van der Waals surface area contributed by atoms with Crippen molar-refractivity contribution in [3.63, 3.8) is 0 Å². The van der Waals surface area contributed by atoms with Gasteiger partial charge in [-0.05, 0) is 6.08 Å². The van der Waals surface area contributed by atoms with Gasteiger partial charge in [0, 0.05) is 0 Å². The molecule has 0 amide bonds. The summed E-state index contributed by atoms with van der Waals surface area (Å²) in [6.07, 6.45) is -0.821. The second kappa shape index (κ2) is 4.31. The summed E-state index contributed by atoms with van der Waals surface area (Å²) in [7, 11) is 0. The van der Waals surface area contributed by atoms with Crippen LogP contribution in [0.3, 0.4) is 0 Å². The van der Waals surface area contributed by atoms with E-state index in [4.69, 9.17) is 20.4 Å². The molecule has 0 aliphatic rings. The maximum atomic E-state index is 8.66. The minimum absolute atomic E-state index is 0.522. The molecule has 0 spiro atoms. The van der Waals surface area contributed by atoms with Gasteiger partial charge in [-0.2, -0.15) is 0 Å². The van der Waals surface area contributed by atoms with Crippen molar-refractivity contribution < 1.29 is 20.4 Å². The third-order valence-corrected chi connectivity index (χ3v) is 0.865. The molecule has 0 saturated heterocycles. The molecule has 0 heterocycles. The van der Waals surface area contributed by atoms with Gasteiger partial charge in [-0.1, -0.05) is 0 Å². The summed E-state index contributed by atoms with van der Waals surface area (Å²) < 4.78 is 0. The van der Waals surface area contributed by atoms with Crippen molar-refractivity contribution in [3.8, 4) is 0 Å². The zero-order chi connectivity index (χ0) is 7.28. The molecule has 54 valence electrons. The molecule has 0 saturated carbocycles. The standard InChI is InChI=1S/C5H10O4/c6-2-1-4(8)5(9)3-7/h1-2,4-9H,3H2/t4-,5+/m0/s1. The van der Waals surface area contributed by atoms with Crippen LogP contribution in [0.1, 0.15) is 0 Å². The highest BCUT2D eigenvalue weighted by Crippen LogP contribution is 1.92. The second-order valence-corrected chi connectivity index (χ2v) is 1.58. The second-order valence-electron chi connectivity index (χ2n) is 1.58. The molecule has 4 N–H and O–H groups in total. The predicted molar refractivity (Wildman–Crippen MR) is 30.9 cm³/mol. The van der Waals surface area contributed by atoms with Crippen molar-refractivity contribution in [3.05, 3.63) is 12.3 Å². The first-order chi connectivity index (χ1) is 4.22. The molecule has 0 aliphatic heterocycles. The highest BCUT2D eigenvalue weighted by molar-refractivity contribution is 4.86. The molecule has 0 aromatic carbocycles. The molecule has 0 radical (unpaired) electrons. The Morgan fingerprint density at radius 2 is 1.89 bits per heavy atom. The van der Waals surface area contributed by atoms with E-state index in [1.807, 2.05) is 0 Å². The van der Waals surface area contributed by atoms with E-state index in [9.17, 15) is 0 Å². The quantitative estimate of drug-likeness (QED) is 0.364. The molecule has 0 aromatic rings. The van der Waals surface area contributed by atoms with Crippen LogP contribution in [0, 0.1) is 0 Å². The minimum atomic E-state index is -1.21. The lowest BCUT2D eigenvalue weighted by Gasteiger charge is -2.09. The number of rotatable bonds is 3. The summed E-state index contributed by atoms with van der Waals surface area (Å²) in [5.41, 5.74) is 0. The van der Waals surface area contributed by atoms with Crippen LogP contribution in [0.4, 0.5) is 0 Å². The van der Waals surface area contributed by atoms with Crippen molar-refractivity contribution in [1.82, 2.24) is 0 Å². The fourth-order valence-electron chi connectivity index (χ4n) is 0.324. The Labute approximate surface area is 52.7 Å². The molecular formula is C5H10O4. The molecule has 0 aliphatic carbocycles. The first kappa shape index (κ1) is 8.42. The van der Waals surface area contributed by atoms with E-state index >= 15 is 0 Å². The first-order valence-electron chi connectivity index (χ1n) is 2.50. The summed E-state index contributed by atoms with van der Waals surface area (Å²) in [4.78, 5) is 0. The Hall–Kier alpha value is -0.580. The van der Waals surface area contributed by atoms with E-state index in [0.29, 0.717) is 6.26 Å². The van der Waals surface area contributed by atoms with Gasteiger partial charge in [-0.15, -0.1) is 0 Å². The summed E-state index contributed by atoms with van der Waals surface area (Å²) in [5.74, 6) is 0. The van der Waals surface area contributed by atoms with E-state index in [-0.39, 0.29) is 0 Å². The monoisotopic (exact) mass is 134 g/mol. The van der Waals surface area contributed by atoms with Gasteiger partial charge >= 0.3 is 0 Å². The lowest BCUT2D eigenvalue weighted by Crippen LogP contribution is -2.27. The van der Waals surface area contributed by atoms with Crippen LogP contribution < -0.4 is 0 Å². The fraction of sp³-hybridized carbons (Fsp3) is 0.600. The smallest absolute Gasteiger partial charge is 0.107 e. The average Bonchev–Trinajstić information content (AvgIpc) is 1.87. The van der Waals surface area contributed by atoms with Gasteiger partial charge in [0.25, 0.3) is 0 Å². The molecule has 0 fully saturated rings. The summed E-state index contributed by atoms with van der Waals surface area (Å²) in [6, 6.07) is 0. The highest BCUT2D eigenvalue weighted by Gasteiger charge is 2.10. The van der Waals surface area contributed by atoms with Gasteiger partial charge in [0.2, 0.25) is 0 Å². The van der Waals surface area contributed by atoms with Gasteiger partial charge in [-0.3, -0.25) is 0 Å². The molecule has 4 nitrogen and oxygen atoms in total. The van der Waals surface area contributed by atoms with Crippen LogP contribution >= 0.6 is 0 Å². The van der Waals surface area contributed by atoms with Crippen molar-refractivity contribution in [2.24, 2.45) is 0 Å².